The Morgan fingerprint density at radius 2 is 0.821 bits per heavy atom. The molecule has 0 spiro atoms. The van der Waals surface area contributed by atoms with E-state index < -0.39 is 0 Å². The summed E-state index contributed by atoms with van der Waals surface area (Å²) in [4.78, 5) is 0. The Hall–Kier alpha value is -5.14. The number of nitrogens with zero attached hydrogens (tertiary/aromatic N) is 1. The fraction of sp³-hybridized carbons (Fsp3) is 0. The second-order valence-corrected chi connectivity index (χ2v) is 10.5. The molecule has 0 atom stereocenters. The molecular weight excluding hydrogens is 470 g/mol. The third-order valence-corrected chi connectivity index (χ3v) is 8.51. The minimum absolute atomic E-state index is 1.24. The maximum atomic E-state index is 2.50. The van der Waals surface area contributed by atoms with E-state index in [0.717, 1.165) is 0 Å². The zero-order valence-corrected chi connectivity index (χ0v) is 21.2. The summed E-state index contributed by atoms with van der Waals surface area (Å²) in [7, 11) is 0. The Bertz CT molecular complexity index is 2210. The Morgan fingerprint density at radius 1 is 0.333 bits per heavy atom. The van der Waals surface area contributed by atoms with Gasteiger partial charge in [-0.15, -0.1) is 0 Å². The monoisotopic (exact) mass is 493 g/mol. The molecule has 0 N–H and O–H groups in total. The lowest BCUT2D eigenvalue weighted by Gasteiger charge is -2.27. The van der Waals surface area contributed by atoms with Crippen LogP contribution in [0.1, 0.15) is 0 Å². The van der Waals surface area contributed by atoms with Gasteiger partial charge in [0.1, 0.15) is 0 Å². The fourth-order valence-electron chi connectivity index (χ4n) is 6.86. The smallest absolute Gasteiger partial charge is 0.0619 e. The molecule has 1 heterocycles. The number of benzene rings is 7. The van der Waals surface area contributed by atoms with E-state index in [2.05, 4.69) is 144 Å². The molecule has 1 heteroatoms. The van der Waals surface area contributed by atoms with Crippen LogP contribution < -0.4 is 0 Å². The van der Waals surface area contributed by atoms with Crippen molar-refractivity contribution in [2.45, 2.75) is 0 Å². The van der Waals surface area contributed by atoms with Crippen molar-refractivity contribution < 1.29 is 0 Å². The molecule has 1 aliphatic rings. The molecule has 1 aliphatic carbocycles. The van der Waals surface area contributed by atoms with Crippen molar-refractivity contribution >= 4 is 43.4 Å². The van der Waals surface area contributed by atoms with E-state index in [-0.39, 0.29) is 0 Å². The minimum Gasteiger partial charge on any atom is -0.308 e. The molecule has 1 aromatic heterocycles. The first-order valence-electron chi connectivity index (χ1n) is 13.5. The Balaban J connectivity index is 1.54. The molecule has 7 aromatic carbocycles. The number of aromatic nitrogens is 1. The highest BCUT2D eigenvalue weighted by molar-refractivity contribution is 6.23. The highest BCUT2D eigenvalue weighted by atomic mass is 15.0. The summed E-state index contributed by atoms with van der Waals surface area (Å²) in [5.74, 6) is 0. The van der Waals surface area contributed by atoms with Gasteiger partial charge in [0.25, 0.3) is 0 Å². The van der Waals surface area contributed by atoms with Crippen LogP contribution in [0.5, 0.6) is 0 Å². The summed E-state index contributed by atoms with van der Waals surface area (Å²) < 4.78 is 2.50. The molecule has 9 rings (SSSR count). The molecule has 39 heavy (non-hydrogen) atoms. The first-order valence-corrected chi connectivity index (χ1v) is 13.5. The van der Waals surface area contributed by atoms with Crippen LogP contribution in [-0.2, 0) is 0 Å². The zero-order chi connectivity index (χ0) is 25.5. The quantitative estimate of drug-likeness (QED) is 0.211. The predicted octanol–water partition coefficient (Wildman–Crippen LogP) is 10.4. The van der Waals surface area contributed by atoms with Crippen LogP contribution in [0.4, 0.5) is 0 Å². The Kier molecular flexibility index (Phi) is 4.11. The van der Waals surface area contributed by atoms with E-state index in [1.54, 1.807) is 0 Å². The van der Waals surface area contributed by atoms with Crippen molar-refractivity contribution in [1.29, 1.82) is 0 Å². The highest BCUT2D eigenvalue weighted by Gasteiger charge is 2.26. The number of hydrogen-bond donors (Lipinski definition) is 0. The molecule has 0 saturated carbocycles. The Morgan fingerprint density at radius 3 is 1.46 bits per heavy atom. The van der Waals surface area contributed by atoms with Crippen LogP contribution in [0.2, 0.25) is 0 Å². The molecule has 0 radical (unpaired) electrons. The van der Waals surface area contributed by atoms with Crippen LogP contribution in [-0.4, -0.2) is 4.57 Å². The minimum atomic E-state index is 1.24. The lowest BCUT2D eigenvalue weighted by molar-refractivity contribution is 1.21. The van der Waals surface area contributed by atoms with Crippen molar-refractivity contribution in [2.24, 2.45) is 0 Å². The average Bonchev–Trinajstić information content (AvgIpc) is 3.33. The SMILES string of the molecule is c1ccc(-c2c3ccccc3c(-n3c4ccccc4c4ccccc43)c3cc4c(cc23)-c2ccccc2-4)cc1. The van der Waals surface area contributed by atoms with E-state index in [1.165, 1.54) is 82.4 Å². The molecule has 0 unspecified atom stereocenters. The van der Waals surface area contributed by atoms with E-state index in [0.29, 0.717) is 0 Å². The lowest BCUT2D eigenvalue weighted by atomic mass is 9.77. The average molecular weight is 494 g/mol. The molecular formula is C38H23N. The van der Waals surface area contributed by atoms with Gasteiger partial charge in [-0.25, -0.2) is 0 Å². The third kappa shape index (κ3) is 2.74. The van der Waals surface area contributed by atoms with Crippen molar-refractivity contribution in [3.05, 3.63) is 140 Å². The van der Waals surface area contributed by atoms with Gasteiger partial charge in [0.05, 0.1) is 16.7 Å². The largest absolute Gasteiger partial charge is 0.308 e. The molecule has 0 fully saturated rings. The van der Waals surface area contributed by atoms with Crippen molar-refractivity contribution in [3.8, 4) is 39.1 Å². The number of para-hydroxylation sites is 2. The van der Waals surface area contributed by atoms with Gasteiger partial charge >= 0.3 is 0 Å². The number of rotatable bonds is 2. The van der Waals surface area contributed by atoms with Crippen LogP contribution in [0.25, 0.3) is 82.4 Å². The van der Waals surface area contributed by atoms with Gasteiger partial charge in [-0.3, -0.25) is 0 Å². The van der Waals surface area contributed by atoms with Gasteiger partial charge in [0, 0.05) is 21.5 Å². The molecule has 8 aromatic rings. The van der Waals surface area contributed by atoms with E-state index in [1.807, 2.05) is 0 Å². The van der Waals surface area contributed by atoms with Gasteiger partial charge in [-0.05, 0) is 68.4 Å². The number of hydrogen-bond acceptors (Lipinski definition) is 0. The van der Waals surface area contributed by atoms with Crippen LogP contribution in [0.3, 0.4) is 0 Å². The van der Waals surface area contributed by atoms with Gasteiger partial charge < -0.3 is 4.57 Å². The summed E-state index contributed by atoms with van der Waals surface area (Å²) in [6.45, 7) is 0. The van der Waals surface area contributed by atoms with E-state index >= 15 is 0 Å². The first kappa shape index (κ1) is 20.9. The predicted molar refractivity (Wildman–Crippen MR) is 166 cm³/mol. The maximum absolute atomic E-state index is 2.50. The maximum Gasteiger partial charge on any atom is 0.0619 e. The summed E-state index contributed by atoms with van der Waals surface area (Å²) in [5.41, 5.74) is 11.7. The van der Waals surface area contributed by atoms with Gasteiger partial charge in [0.15, 0.2) is 0 Å². The topological polar surface area (TPSA) is 4.93 Å². The summed E-state index contributed by atoms with van der Waals surface area (Å²) >= 11 is 0. The zero-order valence-electron chi connectivity index (χ0n) is 21.2. The molecule has 0 bridgehead atoms. The van der Waals surface area contributed by atoms with Crippen molar-refractivity contribution in [2.75, 3.05) is 0 Å². The highest BCUT2D eigenvalue weighted by Crippen LogP contribution is 2.52. The second-order valence-electron chi connectivity index (χ2n) is 10.5. The number of fused-ring (bicyclic) bond motifs is 9. The summed E-state index contributed by atoms with van der Waals surface area (Å²) in [6, 6.07) is 51.1. The first-order chi connectivity index (χ1) is 19.4. The Labute approximate surface area is 226 Å². The van der Waals surface area contributed by atoms with Crippen LogP contribution in [0.15, 0.2) is 140 Å². The summed E-state index contributed by atoms with van der Waals surface area (Å²) in [5, 5.41) is 7.69. The third-order valence-electron chi connectivity index (χ3n) is 8.51. The van der Waals surface area contributed by atoms with Crippen LogP contribution in [0, 0.1) is 0 Å². The van der Waals surface area contributed by atoms with Gasteiger partial charge in [-0.2, -0.15) is 0 Å². The molecule has 1 nitrogen and oxygen atoms in total. The fourth-order valence-corrected chi connectivity index (χ4v) is 6.86. The standard InChI is InChI=1S/C38H23N/c1-2-12-24(13-3-1)37-29-18-6-7-19-30(29)38(34-23-32-26-15-5-4-14-25(26)31(32)22-33(34)37)39-35-20-10-8-16-27(35)28-17-9-11-21-36(28)39/h1-23H. The molecule has 180 valence electrons. The van der Waals surface area contributed by atoms with Crippen molar-refractivity contribution in [1.82, 2.24) is 4.57 Å². The molecule has 0 amide bonds. The second kappa shape index (κ2) is 7.69. The summed E-state index contributed by atoms with van der Waals surface area (Å²) in [6.07, 6.45) is 0. The molecule has 0 saturated heterocycles. The van der Waals surface area contributed by atoms with Gasteiger partial charge in [0.2, 0.25) is 0 Å². The normalized spacial score (nSPS) is 12.1. The van der Waals surface area contributed by atoms with E-state index in [9.17, 15) is 0 Å². The molecule has 0 aliphatic heterocycles. The lowest BCUT2D eigenvalue weighted by Crippen LogP contribution is -2.03. The van der Waals surface area contributed by atoms with Crippen molar-refractivity contribution in [3.63, 3.8) is 0 Å². The van der Waals surface area contributed by atoms with E-state index in [4.69, 9.17) is 0 Å². The van der Waals surface area contributed by atoms with Crippen LogP contribution >= 0.6 is 0 Å². The van der Waals surface area contributed by atoms with Gasteiger partial charge in [-0.1, -0.05) is 115 Å².